The van der Waals surface area contributed by atoms with Crippen molar-refractivity contribution in [3.05, 3.63) is 59.2 Å². The number of hydrogen-bond acceptors (Lipinski definition) is 5. The van der Waals surface area contributed by atoms with Crippen LogP contribution in [0, 0.1) is 0 Å². The maximum atomic E-state index is 13.1. The zero-order valence-electron chi connectivity index (χ0n) is 14.8. The lowest BCUT2D eigenvalue weighted by atomic mass is 10.1. The Morgan fingerprint density at radius 2 is 1.96 bits per heavy atom. The molecule has 0 unspecified atom stereocenters. The molecular formula is C19H16ClN3O4S. The zero-order chi connectivity index (χ0) is 19.9. The average Bonchev–Trinajstić information content (AvgIpc) is 3.20. The number of sulfone groups is 1. The third-order valence-corrected chi connectivity index (χ3v) is 6.29. The molecule has 9 heteroatoms. The molecule has 1 aliphatic heterocycles. The van der Waals surface area contributed by atoms with E-state index in [1.54, 1.807) is 48.5 Å². The maximum absolute atomic E-state index is 13.1. The number of ether oxygens (including phenoxy) is 1. The number of carbonyl (C=O) groups excluding carboxylic acids is 1. The number of nitrogens with zero attached hydrogens (tertiary/aromatic N) is 2. The summed E-state index contributed by atoms with van der Waals surface area (Å²) in [5.74, 6) is 0.0706. The molecule has 2 aromatic carbocycles. The van der Waals surface area contributed by atoms with Crippen LogP contribution >= 0.6 is 11.6 Å². The standard InChI is InChI=1S/C19H16ClN3O4S/c1-27-15-4-2-3-14(11-15)21-18(24)17-16(12-5-7-13(20)8-6-12)22-19-23(17)9-10-28(19,25)26/h2-8,11H,9-10H2,1H3,(H,21,24). The summed E-state index contributed by atoms with van der Waals surface area (Å²) >= 11 is 5.94. The van der Waals surface area contributed by atoms with Crippen molar-refractivity contribution in [3.63, 3.8) is 0 Å². The normalized spacial score (nSPS) is 14.5. The zero-order valence-corrected chi connectivity index (χ0v) is 16.4. The number of halogens is 1. The van der Waals surface area contributed by atoms with Gasteiger partial charge in [-0.1, -0.05) is 29.8 Å². The van der Waals surface area contributed by atoms with Gasteiger partial charge in [-0.05, 0) is 24.3 Å². The van der Waals surface area contributed by atoms with Gasteiger partial charge in [0.25, 0.3) is 5.91 Å². The predicted molar refractivity (Wildman–Crippen MR) is 106 cm³/mol. The van der Waals surface area contributed by atoms with Crippen LogP contribution in [0.2, 0.25) is 5.02 Å². The van der Waals surface area contributed by atoms with Crippen LogP contribution in [0.5, 0.6) is 5.75 Å². The molecule has 4 rings (SSSR count). The summed E-state index contributed by atoms with van der Waals surface area (Å²) in [6.07, 6.45) is 0. The molecule has 144 valence electrons. The summed E-state index contributed by atoms with van der Waals surface area (Å²) in [5.41, 5.74) is 1.64. The molecule has 28 heavy (non-hydrogen) atoms. The van der Waals surface area contributed by atoms with Crippen LogP contribution in [-0.2, 0) is 16.4 Å². The first-order valence-corrected chi connectivity index (χ1v) is 10.5. The molecule has 0 saturated carbocycles. The average molecular weight is 418 g/mol. The number of amides is 1. The van der Waals surface area contributed by atoms with Crippen molar-refractivity contribution in [1.82, 2.24) is 9.55 Å². The van der Waals surface area contributed by atoms with Crippen molar-refractivity contribution in [2.24, 2.45) is 0 Å². The Hall–Kier alpha value is -2.84. The van der Waals surface area contributed by atoms with Crippen molar-refractivity contribution < 1.29 is 17.9 Å². The Balaban J connectivity index is 1.80. The van der Waals surface area contributed by atoms with Gasteiger partial charge in [0.05, 0.1) is 12.9 Å². The summed E-state index contributed by atoms with van der Waals surface area (Å²) in [6.45, 7) is 0.180. The van der Waals surface area contributed by atoms with Gasteiger partial charge in [-0.15, -0.1) is 0 Å². The smallest absolute Gasteiger partial charge is 0.274 e. The van der Waals surface area contributed by atoms with E-state index in [0.29, 0.717) is 27.7 Å². The van der Waals surface area contributed by atoms with Crippen molar-refractivity contribution in [2.75, 3.05) is 18.2 Å². The second kappa shape index (κ2) is 6.96. The fourth-order valence-corrected chi connectivity index (χ4v) is 4.59. The van der Waals surface area contributed by atoms with E-state index in [1.165, 1.54) is 11.7 Å². The first-order chi connectivity index (χ1) is 13.4. The molecule has 0 atom stereocenters. The topological polar surface area (TPSA) is 90.3 Å². The van der Waals surface area contributed by atoms with Crippen LogP contribution in [-0.4, -0.2) is 36.7 Å². The first-order valence-electron chi connectivity index (χ1n) is 8.44. The number of fused-ring (bicyclic) bond motifs is 1. The van der Waals surface area contributed by atoms with Crippen LogP contribution in [0.15, 0.2) is 53.7 Å². The lowest BCUT2D eigenvalue weighted by molar-refractivity contribution is 0.101. The molecule has 1 aromatic heterocycles. The molecule has 0 spiro atoms. The number of anilines is 1. The predicted octanol–water partition coefficient (Wildman–Crippen LogP) is 3.25. The van der Waals surface area contributed by atoms with Gasteiger partial charge in [0.2, 0.25) is 15.0 Å². The van der Waals surface area contributed by atoms with Crippen LogP contribution in [0.3, 0.4) is 0 Å². The summed E-state index contributed by atoms with van der Waals surface area (Å²) in [4.78, 5) is 17.4. The SMILES string of the molecule is COc1cccc(NC(=O)c2c(-c3ccc(Cl)cc3)nc3n2CCS3(=O)=O)c1. The molecule has 1 amide bonds. The van der Waals surface area contributed by atoms with Gasteiger partial charge in [-0.25, -0.2) is 13.4 Å². The minimum absolute atomic E-state index is 0.0737. The highest BCUT2D eigenvalue weighted by molar-refractivity contribution is 7.91. The first kappa shape index (κ1) is 18.5. The van der Waals surface area contributed by atoms with E-state index in [2.05, 4.69) is 10.3 Å². The fourth-order valence-electron chi connectivity index (χ4n) is 3.11. The monoisotopic (exact) mass is 417 g/mol. The number of methoxy groups -OCH3 is 1. The Morgan fingerprint density at radius 3 is 2.68 bits per heavy atom. The molecule has 0 bridgehead atoms. The molecule has 0 fully saturated rings. The molecular weight excluding hydrogens is 402 g/mol. The van der Waals surface area contributed by atoms with Gasteiger partial charge in [0.1, 0.15) is 17.1 Å². The summed E-state index contributed by atoms with van der Waals surface area (Å²) < 4.78 is 31.3. The summed E-state index contributed by atoms with van der Waals surface area (Å²) in [5, 5.41) is 3.24. The molecule has 1 N–H and O–H groups in total. The highest BCUT2D eigenvalue weighted by atomic mass is 35.5. The fraction of sp³-hybridized carbons (Fsp3) is 0.158. The van der Waals surface area contributed by atoms with Crippen molar-refractivity contribution in [3.8, 4) is 17.0 Å². The molecule has 7 nitrogen and oxygen atoms in total. The van der Waals surface area contributed by atoms with Gasteiger partial charge in [0.15, 0.2) is 0 Å². The number of rotatable bonds is 4. The lowest BCUT2D eigenvalue weighted by Gasteiger charge is -2.10. The molecule has 3 aromatic rings. The molecule has 0 radical (unpaired) electrons. The Labute approximate surface area is 166 Å². The second-order valence-corrected chi connectivity index (χ2v) is 8.69. The van der Waals surface area contributed by atoms with E-state index >= 15 is 0 Å². The number of nitrogens with one attached hydrogen (secondary N) is 1. The third-order valence-electron chi connectivity index (χ3n) is 4.45. The van der Waals surface area contributed by atoms with Gasteiger partial charge < -0.3 is 14.6 Å². The van der Waals surface area contributed by atoms with Crippen LogP contribution < -0.4 is 10.1 Å². The number of benzene rings is 2. The molecule has 0 aliphatic carbocycles. The van der Waals surface area contributed by atoms with Gasteiger partial charge in [0, 0.05) is 28.9 Å². The van der Waals surface area contributed by atoms with Gasteiger partial charge >= 0.3 is 0 Å². The Kier molecular flexibility index (Phi) is 4.60. The highest BCUT2D eigenvalue weighted by Crippen LogP contribution is 2.31. The van der Waals surface area contributed by atoms with Crippen LogP contribution in [0.4, 0.5) is 5.69 Å². The minimum atomic E-state index is -3.51. The van der Waals surface area contributed by atoms with Crippen molar-refractivity contribution >= 4 is 33.0 Å². The van der Waals surface area contributed by atoms with Gasteiger partial charge in [-0.2, -0.15) is 0 Å². The Morgan fingerprint density at radius 1 is 1.21 bits per heavy atom. The maximum Gasteiger partial charge on any atom is 0.274 e. The number of hydrogen-bond donors (Lipinski definition) is 1. The number of imidazole rings is 1. The number of carbonyl (C=O) groups is 1. The van der Waals surface area contributed by atoms with E-state index in [4.69, 9.17) is 16.3 Å². The summed E-state index contributed by atoms with van der Waals surface area (Å²) in [7, 11) is -1.98. The van der Waals surface area contributed by atoms with Gasteiger partial charge in [-0.3, -0.25) is 4.79 Å². The van der Waals surface area contributed by atoms with Crippen LogP contribution in [0.25, 0.3) is 11.3 Å². The molecule has 2 heterocycles. The van der Waals surface area contributed by atoms with Crippen molar-refractivity contribution in [2.45, 2.75) is 11.7 Å². The third kappa shape index (κ3) is 3.25. The van der Waals surface area contributed by atoms with E-state index in [-0.39, 0.29) is 23.1 Å². The van der Waals surface area contributed by atoms with E-state index in [0.717, 1.165) is 0 Å². The van der Waals surface area contributed by atoms with Crippen LogP contribution in [0.1, 0.15) is 10.5 Å². The number of aromatic nitrogens is 2. The second-order valence-electron chi connectivity index (χ2n) is 6.26. The molecule has 1 aliphatic rings. The summed E-state index contributed by atoms with van der Waals surface area (Å²) in [6, 6.07) is 13.7. The van der Waals surface area contributed by atoms with Crippen molar-refractivity contribution in [1.29, 1.82) is 0 Å². The van der Waals surface area contributed by atoms with E-state index in [9.17, 15) is 13.2 Å². The van der Waals surface area contributed by atoms with E-state index in [1.807, 2.05) is 0 Å². The largest absolute Gasteiger partial charge is 0.497 e. The lowest BCUT2D eigenvalue weighted by Crippen LogP contribution is -2.17. The highest BCUT2D eigenvalue weighted by Gasteiger charge is 2.35. The Bertz CT molecular complexity index is 1170. The van der Waals surface area contributed by atoms with E-state index < -0.39 is 15.7 Å². The quantitative estimate of drug-likeness (QED) is 0.703. The minimum Gasteiger partial charge on any atom is -0.497 e. The molecule has 0 saturated heterocycles.